The summed E-state index contributed by atoms with van der Waals surface area (Å²) in [6.45, 7) is 6.86. The summed E-state index contributed by atoms with van der Waals surface area (Å²) in [6, 6.07) is 15.8. The van der Waals surface area contributed by atoms with Gasteiger partial charge in [0, 0.05) is 16.7 Å². The first-order valence-corrected chi connectivity index (χ1v) is 7.78. The van der Waals surface area contributed by atoms with Gasteiger partial charge in [0.25, 0.3) is 0 Å². The van der Waals surface area contributed by atoms with Gasteiger partial charge >= 0.3 is 0 Å². The molecule has 1 N–H and O–H groups in total. The van der Waals surface area contributed by atoms with E-state index in [1.54, 1.807) is 0 Å². The predicted molar refractivity (Wildman–Crippen MR) is 87.0 cm³/mol. The highest BCUT2D eigenvalue weighted by Gasteiger charge is 2.22. The molecule has 1 atom stereocenters. The molecule has 2 aromatic carbocycles. The minimum atomic E-state index is 0.290. The highest BCUT2D eigenvalue weighted by molar-refractivity contribution is 7.99. The minimum absolute atomic E-state index is 0.290. The maximum atomic E-state index is 3.43. The number of nitrogens with one attached hydrogen (secondary N) is 1. The highest BCUT2D eigenvalue weighted by Crippen LogP contribution is 2.28. The Morgan fingerprint density at radius 2 is 1.74 bits per heavy atom. The molecule has 0 fully saturated rings. The van der Waals surface area contributed by atoms with E-state index >= 15 is 0 Å². The van der Waals surface area contributed by atoms with Gasteiger partial charge in [0.05, 0.1) is 0 Å². The lowest BCUT2D eigenvalue weighted by Gasteiger charge is -2.30. The van der Waals surface area contributed by atoms with Crippen LogP contribution in [0, 0.1) is 5.41 Å². The second kappa shape index (κ2) is 5.98. The third kappa shape index (κ3) is 3.74. The van der Waals surface area contributed by atoms with Crippen molar-refractivity contribution in [1.29, 1.82) is 0 Å². The summed E-state index contributed by atoms with van der Waals surface area (Å²) in [4.78, 5) is 1.35. The first-order valence-electron chi connectivity index (χ1n) is 6.79. The Morgan fingerprint density at radius 1 is 1.05 bits per heavy atom. The molecule has 19 heavy (non-hydrogen) atoms. The van der Waals surface area contributed by atoms with Crippen molar-refractivity contribution in [2.75, 3.05) is 12.8 Å². The van der Waals surface area contributed by atoms with Crippen LogP contribution in [-0.2, 0) is 0 Å². The average Bonchev–Trinajstić information content (AvgIpc) is 2.37. The Bertz CT molecular complexity index is 542. The van der Waals surface area contributed by atoms with Crippen molar-refractivity contribution in [3.8, 4) is 0 Å². The predicted octanol–water partition coefficient (Wildman–Crippen LogP) is 4.57. The number of hydrogen-bond acceptors (Lipinski definition) is 2. The molecule has 0 aliphatic rings. The molecule has 0 radical (unpaired) electrons. The molecule has 0 aromatic heterocycles. The number of thioether (sulfide) groups is 1. The minimum Gasteiger partial charge on any atom is -0.316 e. The number of hydrogen-bond donors (Lipinski definition) is 1. The Morgan fingerprint density at radius 3 is 2.37 bits per heavy atom. The van der Waals surface area contributed by atoms with E-state index in [2.05, 4.69) is 75.6 Å². The Kier molecular flexibility index (Phi) is 4.54. The zero-order valence-corrected chi connectivity index (χ0v) is 13.1. The fourth-order valence-electron chi connectivity index (χ4n) is 2.20. The second-order valence-corrected chi connectivity index (χ2v) is 7.12. The zero-order chi connectivity index (χ0) is 13.9. The standard InChI is InChI=1S/C17H23NS/c1-17(2,3)16(18-4)12-19-15-10-9-13-7-5-6-8-14(13)11-15/h5-11,16,18H,12H2,1-4H3. The normalized spacial score (nSPS) is 13.7. The molecule has 0 bridgehead atoms. The molecule has 0 spiro atoms. The summed E-state index contributed by atoms with van der Waals surface area (Å²) in [7, 11) is 2.05. The first kappa shape index (κ1) is 14.4. The largest absolute Gasteiger partial charge is 0.316 e. The molecule has 102 valence electrons. The van der Waals surface area contributed by atoms with Crippen molar-refractivity contribution in [1.82, 2.24) is 5.32 Å². The summed E-state index contributed by atoms with van der Waals surface area (Å²) in [5, 5.41) is 6.06. The SMILES string of the molecule is CNC(CSc1ccc2ccccc2c1)C(C)(C)C. The van der Waals surface area contributed by atoms with E-state index in [9.17, 15) is 0 Å². The smallest absolute Gasteiger partial charge is 0.0207 e. The zero-order valence-electron chi connectivity index (χ0n) is 12.2. The van der Waals surface area contributed by atoms with Crippen molar-refractivity contribution in [3.05, 3.63) is 42.5 Å². The molecule has 0 saturated heterocycles. The molecule has 0 aliphatic carbocycles. The summed E-state index contributed by atoms with van der Waals surface area (Å²) in [5.74, 6) is 1.10. The van der Waals surface area contributed by atoms with Gasteiger partial charge in [-0.05, 0) is 35.4 Å². The lowest BCUT2D eigenvalue weighted by Crippen LogP contribution is -2.40. The van der Waals surface area contributed by atoms with Crippen molar-refractivity contribution < 1.29 is 0 Å². The van der Waals surface area contributed by atoms with Gasteiger partial charge in [0.15, 0.2) is 0 Å². The molecule has 0 amide bonds. The Labute approximate surface area is 120 Å². The molecule has 2 rings (SSSR count). The van der Waals surface area contributed by atoms with Crippen molar-refractivity contribution in [3.63, 3.8) is 0 Å². The van der Waals surface area contributed by atoms with Gasteiger partial charge in [0.1, 0.15) is 0 Å². The average molecular weight is 273 g/mol. The number of rotatable bonds is 4. The van der Waals surface area contributed by atoms with Crippen molar-refractivity contribution >= 4 is 22.5 Å². The fraction of sp³-hybridized carbons (Fsp3) is 0.412. The molecule has 2 heteroatoms. The topological polar surface area (TPSA) is 12.0 Å². The first-order chi connectivity index (χ1) is 9.00. The number of benzene rings is 2. The summed E-state index contributed by atoms with van der Waals surface area (Å²) in [5.41, 5.74) is 0.290. The van der Waals surface area contributed by atoms with Crippen LogP contribution in [0.1, 0.15) is 20.8 Å². The van der Waals surface area contributed by atoms with Gasteiger partial charge in [-0.25, -0.2) is 0 Å². The summed E-state index contributed by atoms with van der Waals surface area (Å²) >= 11 is 1.93. The second-order valence-electron chi connectivity index (χ2n) is 6.03. The van der Waals surface area contributed by atoms with Gasteiger partial charge in [-0.3, -0.25) is 0 Å². The van der Waals surface area contributed by atoms with Crippen LogP contribution < -0.4 is 5.32 Å². The summed E-state index contributed by atoms with van der Waals surface area (Å²) in [6.07, 6.45) is 0. The van der Waals surface area contributed by atoms with E-state index in [0.29, 0.717) is 11.5 Å². The maximum Gasteiger partial charge on any atom is 0.0207 e. The lowest BCUT2D eigenvalue weighted by molar-refractivity contribution is 0.305. The van der Waals surface area contributed by atoms with Crippen LogP contribution in [0.4, 0.5) is 0 Å². The van der Waals surface area contributed by atoms with Crippen LogP contribution in [0.5, 0.6) is 0 Å². The molecular formula is C17H23NS. The Hall–Kier alpha value is -0.990. The monoisotopic (exact) mass is 273 g/mol. The molecule has 0 heterocycles. The van der Waals surface area contributed by atoms with Gasteiger partial charge < -0.3 is 5.32 Å². The van der Waals surface area contributed by atoms with Crippen LogP contribution in [-0.4, -0.2) is 18.8 Å². The van der Waals surface area contributed by atoms with Crippen LogP contribution in [0.2, 0.25) is 0 Å². The van der Waals surface area contributed by atoms with E-state index in [-0.39, 0.29) is 0 Å². The molecule has 1 nitrogen and oxygen atoms in total. The molecule has 2 aromatic rings. The number of fused-ring (bicyclic) bond motifs is 1. The van der Waals surface area contributed by atoms with Crippen LogP contribution >= 0.6 is 11.8 Å². The Balaban J connectivity index is 2.09. The van der Waals surface area contributed by atoms with E-state index < -0.39 is 0 Å². The van der Waals surface area contributed by atoms with Gasteiger partial charge in [-0.2, -0.15) is 0 Å². The molecule has 0 aliphatic heterocycles. The van der Waals surface area contributed by atoms with E-state index in [1.807, 2.05) is 11.8 Å². The van der Waals surface area contributed by atoms with Crippen LogP contribution in [0.15, 0.2) is 47.4 Å². The van der Waals surface area contributed by atoms with Gasteiger partial charge in [-0.1, -0.05) is 51.1 Å². The van der Waals surface area contributed by atoms with Crippen LogP contribution in [0.3, 0.4) is 0 Å². The van der Waals surface area contributed by atoms with Crippen molar-refractivity contribution in [2.45, 2.75) is 31.7 Å². The third-order valence-electron chi connectivity index (χ3n) is 3.53. The van der Waals surface area contributed by atoms with E-state index in [1.165, 1.54) is 15.7 Å². The van der Waals surface area contributed by atoms with E-state index in [4.69, 9.17) is 0 Å². The molecular weight excluding hydrogens is 250 g/mol. The highest BCUT2D eigenvalue weighted by atomic mass is 32.2. The molecule has 1 unspecified atom stereocenters. The van der Waals surface area contributed by atoms with E-state index in [0.717, 1.165) is 5.75 Å². The summed E-state index contributed by atoms with van der Waals surface area (Å²) < 4.78 is 0. The maximum absolute atomic E-state index is 3.43. The van der Waals surface area contributed by atoms with Gasteiger partial charge in [0.2, 0.25) is 0 Å². The third-order valence-corrected chi connectivity index (χ3v) is 4.62. The van der Waals surface area contributed by atoms with Gasteiger partial charge in [-0.15, -0.1) is 11.8 Å². The van der Waals surface area contributed by atoms with Crippen LogP contribution in [0.25, 0.3) is 10.8 Å². The lowest BCUT2D eigenvalue weighted by atomic mass is 9.88. The quantitative estimate of drug-likeness (QED) is 0.819. The fourth-order valence-corrected chi connectivity index (χ4v) is 3.60. The van der Waals surface area contributed by atoms with Crippen molar-refractivity contribution in [2.24, 2.45) is 5.41 Å². The molecule has 0 saturated carbocycles.